The number of amides is 2. The zero-order valence-corrected chi connectivity index (χ0v) is 18.8. The molecule has 0 saturated carbocycles. The fourth-order valence-corrected chi connectivity index (χ4v) is 3.60. The van der Waals surface area contributed by atoms with Crippen molar-refractivity contribution in [2.24, 2.45) is 0 Å². The van der Waals surface area contributed by atoms with Gasteiger partial charge in [0.15, 0.2) is 0 Å². The highest BCUT2D eigenvalue weighted by atomic mass is 35.5. The van der Waals surface area contributed by atoms with Crippen LogP contribution in [-0.4, -0.2) is 29.3 Å². The van der Waals surface area contributed by atoms with Crippen LogP contribution < -0.4 is 5.32 Å². The summed E-state index contributed by atoms with van der Waals surface area (Å²) in [6.07, 6.45) is 1.55. The van der Waals surface area contributed by atoms with E-state index in [9.17, 15) is 9.59 Å². The first-order chi connectivity index (χ1) is 13.8. The number of nitrogens with one attached hydrogen (secondary N) is 1. The Hall–Kier alpha value is -1.75. The lowest BCUT2D eigenvalue weighted by molar-refractivity contribution is -0.140. The van der Waals surface area contributed by atoms with Crippen molar-refractivity contribution in [3.63, 3.8) is 0 Å². The topological polar surface area (TPSA) is 49.4 Å². The van der Waals surface area contributed by atoms with Crippen LogP contribution in [0.25, 0.3) is 0 Å². The number of aryl methyl sites for hydroxylation is 1. The lowest BCUT2D eigenvalue weighted by Crippen LogP contribution is -2.47. The zero-order valence-electron chi connectivity index (χ0n) is 16.6. The van der Waals surface area contributed by atoms with Crippen molar-refractivity contribution in [3.05, 3.63) is 68.7 Å². The van der Waals surface area contributed by atoms with Crippen LogP contribution in [0.5, 0.6) is 0 Å². The summed E-state index contributed by atoms with van der Waals surface area (Å²) >= 11 is 18.5. The molecule has 1 atom stereocenters. The second-order valence-corrected chi connectivity index (χ2v) is 8.07. The van der Waals surface area contributed by atoms with E-state index in [-0.39, 0.29) is 24.8 Å². The number of hydrogen-bond donors (Lipinski definition) is 1. The minimum Gasteiger partial charge on any atom is -0.354 e. The molecular weight excluding hydrogens is 431 g/mol. The van der Waals surface area contributed by atoms with Gasteiger partial charge in [0.05, 0.1) is 0 Å². The van der Waals surface area contributed by atoms with Gasteiger partial charge >= 0.3 is 0 Å². The van der Waals surface area contributed by atoms with Gasteiger partial charge in [-0.2, -0.15) is 0 Å². The van der Waals surface area contributed by atoms with Gasteiger partial charge in [-0.05, 0) is 49.1 Å². The molecule has 29 heavy (non-hydrogen) atoms. The Bertz CT molecular complexity index is 858. The predicted molar refractivity (Wildman–Crippen MR) is 120 cm³/mol. The molecule has 0 radical (unpaired) electrons. The first-order valence-electron chi connectivity index (χ1n) is 9.58. The summed E-state index contributed by atoms with van der Waals surface area (Å²) in [6.45, 7) is 4.48. The van der Waals surface area contributed by atoms with Gasteiger partial charge in [-0.15, -0.1) is 0 Å². The molecule has 0 aliphatic heterocycles. The number of hydrogen-bond acceptors (Lipinski definition) is 2. The van der Waals surface area contributed by atoms with Crippen LogP contribution in [-0.2, 0) is 22.6 Å². The third-order valence-corrected chi connectivity index (χ3v) is 5.59. The molecule has 1 N–H and O–H groups in total. The van der Waals surface area contributed by atoms with Crippen molar-refractivity contribution in [1.82, 2.24) is 10.2 Å². The van der Waals surface area contributed by atoms with E-state index in [1.807, 2.05) is 25.1 Å². The molecule has 0 aliphatic carbocycles. The van der Waals surface area contributed by atoms with Gasteiger partial charge in [-0.25, -0.2) is 0 Å². The largest absolute Gasteiger partial charge is 0.354 e. The van der Waals surface area contributed by atoms with Gasteiger partial charge in [0.25, 0.3) is 0 Å². The molecule has 0 bridgehead atoms. The molecule has 0 spiro atoms. The van der Waals surface area contributed by atoms with Crippen molar-refractivity contribution in [1.29, 1.82) is 0 Å². The van der Waals surface area contributed by atoms with Crippen molar-refractivity contribution < 1.29 is 9.59 Å². The highest BCUT2D eigenvalue weighted by Crippen LogP contribution is 2.24. The average Bonchev–Trinajstić information content (AvgIpc) is 2.70. The second kappa shape index (κ2) is 11.4. The molecule has 156 valence electrons. The van der Waals surface area contributed by atoms with Gasteiger partial charge in [0, 0.05) is 34.6 Å². The number of carbonyl (C=O) groups is 2. The monoisotopic (exact) mass is 454 g/mol. The van der Waals surface area contributed by atoms with Crippen LogP contribution in [0.15, 0.2) is 42.5 Å². The van der Waals surface area contributed by atoms with Crippen molar-refractivity contribution >= 4 is 46.6 Å². The van der Waals surface area contributed by atoms with Gasteiger partial charge in [-0.3, -0.25) is 9.59 Å². The van der Waals surface area contributed by atoms with Gasteiger partial charge in [-0.1, -0.05) is 66.0 Å². The van der Waals surface area contributed by atoms with Crippen LogP contribution in [0.3, 0.4) is 0 Å². The van der Waals surface area contributed by atoms with E-state index in [0.717, 1.165) is 17.5 Å². The van der Waals surface area contributed by atoms with E-state index >= 15 is 0 Å². The van der Waals surface area contributed by atoms with Crippen LogP contribution in [0, 0.1) is 0 Å². The fraction of sp³-hybridized carbons (Fsp3) is 0.364. The van der Waals surface area contributed by atoms with E-state index in [1.165, 1.54) is 0 Å². The molecule has 0 saturated heterocycles. The Labute approximate surface area is 187 Å². The van der Waals surface area contributed by atoms with Crippen LogP contribution in [0.1, 0.15) is 37.8 Å². The smallest absolute Gasteiger partial charge is 0.242 e. The molecule has 0 aliphatic rings. The maximum atomic E-state index is 13.1. The standard InChI is InChI=1S/C22H25Cl3N2O2/c1-3-12-26-22(29)15(2)27(14-17-8-10-18(23)13-20(17)25)21(28)11-9-16-6-4-5-7-19(16)24/h4-8,10,13,15H,3,9,11-12,14H2,1-2H3,(H,26,29)/t15-/m1/s1. The van der Waals surface area contributed by atoms with E-state index in [0.29, 0.717) is 28.0 Å². The number of benzene rings is 2. The SMILES string of the molecule is CCCNC(=O)[C@@H](C)N(Cc1ccc(Cl)cc1Cl)C(=O)CCc1ccccc1Cl. The Balaban J connectivity index is 2.19. The van der Waals surface area contributed by atoms with E-state index in [4.69, 9.17) is 34.8 Å². The summed E-state index contributed by atoms with van der Waals surface area (Å²) in [5.41, 5.74) is 1.63. The van der Waals surface area contributed by atoms with E-state index in [1.54, 1.807) is 36.1 Å². The molecular formula is C22H25Cl3N2O2. The Kier molecular flexibility index (Phi) is 9.28. The molecule has 2 aromatic rings. The van der Waals surface area contributed by atoms with Crippen molar-refractivity contribution in [3.8, 4) is 0 Å². The first kappa shape index (κ1) is 23.5. The van der Waals surface area contributed by atoms with E-state index in [2.05, 4.69) is 5.32 Å². The third kappa shape index (κ3) is 6.91. The minimum absolute atomic E-state index is 0.143. The maximum Gasteiger partial charge on any atom is 0.242 e. The van der Waals surface area contributed by atoms with Gasteiger partial charge < -0.3 is 10.2 Å². The number of rotatable bonds is 9. The molecule has 2 amide bonds. The summed E-state index contributed by atoms with van der Waals surface area (Å²) in [5, 5.41) is 4.46. The van der Waals surface area contributed by atoms with E-state index < -0.39 is 6.04 Å². The summed E-state index contributed by atoms with van der Waals surface area (Å²) in [5.74, 6) is -0.335. The van der Waals surface area contributed by atoms with Gasteiger partial charge in [0.1, 0.15) is 6.04 Å². The second-order valence-electron chi connectivity index (χ2n) is 6.82. The average molecular weight is 456 g/mol. The summed E-state index contributed by atoms with van der Waals surface area (Å²) in [7, 11) is 0. The maximum absolute atomic E-state index is 13.1. The van der Waals surface area contributed by atoms with Crippen LogP contribution in [0.2, 0.25) is 15.1 Å². The molecule has 0 heterocycles. The third-order valence-electron chi connectivity index (χ3n) is 4.64. The van der Waals surface area contributed by atoms with Crippen LogP contribution in [0.4, 0.5) is 0 Å². The Morgan fingerprint density at radius 3 is 2.41 bits per heavy atom. The number of nitrogens with zero attached hydrogens (tertiary/aromatic N) is 1. The molecule has 2 rings (SSSR count). The highest BCUT2D eigenvalue weighted by molar-refractivity contribution is 6.35. The lowest BCUT2D eigenvalue weighted by Gasteiger charge is -2.29. The highest BCUT2D eigenvalue weighted by Gasteiger charge is 2.26. The number of halogens is 3. The summed E-state index contributed by atoms with van der Waals surface area (Å²) < 4.78 is 0. The molecule has 0 aromatic heterocycles. The normalized spacial score (nSPS) is 11.8. The fourth-order valence-electron chi connectivity index (χ4n) is 2.90. The summed E-state index contributed by atoms with van der Waals surface area (Å²) in [6, 6.07) is 11.9. The number of carbonyl (C=O) groups excluding carboxylic acids is 2. The van der Waals surface area contributed by atoms with Crippen molar-refractivity contribution in [2.45, 2.75) is 45.7 Å². The molecule has 2 aromatic carbocycles. The minimum atomic E-state index is -0.632. The van der Waals surface area contributed by atoms with Crippen molar-refractivity contribution in [2.75, 3.05) is 6.54 Å². The van der Waals surface area contributed by atoms with Crippen LogP contribution >= 0.6 is 34.8 Å². The Morgan fingerprint density at radius 2 is 1.76 bits per heavy atom. The quantitative estimate of drug-likeness (QED) is 0.541. The lowest BCUT2D eigenvalue weighted by atomic mass is 10.1. The zero-order chi connectivity index (χ0) is 21.4. The molecule has 0 fully saturated rings. The molecule has 7 heteroatoms. The Morgan fingerprint density at radius 1 is 1.03 bits per heavy atom. The first-order valence-corrected chi connectivity index (χ1v) is 10.7. The summed E-state index contributed by atoms with van der Waals surface area (Å²) in [4.78, 5) is 27.1. The van der Waals surface area contributed by atoms with Gasteiger partial charge in [0.2, 0.25) is 11.8 Å². The predicted octanol–water partition coefficient (Wildman–Crippen LogP) is 5.52. The molecule has 0 unspecified atom stereocenters. The molecule has 4 nitrogen and oxygen atoms in total.